The van der Waals surface area contributed by atoms with E-state index in [1.54, 1.807) is 28.8 Å². The highest BCUT2D eigenvalue weighted by atomic mass is 32.2. The Bertz CT molecular complexity index is 1030. The Kier molecular flexibility index (Phi) is 4.97. The summed E-state index contributed by atoms with van der Waals surface area (Å²) >= 11 is 2.80. The van der Waals surface area contributed by atoms with Gasteiger partial charge in [-0.1, -0.05) is 30.0 Å². The molecule has 3 heterocycles. The molecule has 0 aliphatic carbocycles. The van der Waals surface area contributed by atoms with Crippen LogP contribution in [-0.4, -0.2) is 49.7 Å². The zero-order chi connectivity index (χ0) is 19.7. The van der Waals surface area contributed by atoms with Crippen LogP contribution in [0.3, 0.4) is 0 Å². The molecule has 1 aliphatic heterocycles. The molecule has 2 aromatic heterocycles. The van der Waals surface area contributed by atoms with Gasteiger partial charge in [-0.05, 0) is 23.6 Å². The number of rotatable bonds is 7. The third-order valence-corrected chi connectivity index (χ3v) is 6.01. The van der Waals surface area contributed by atoms with Gasteiger partial charge >= 0.3 is 0 Å². The van der Waals surface area contributed by atoms with Crippen LogP contribution in [0.5, 0.6) is 0 Å². The fraction of sp³-hybridized carbons (Fsp3) is 0.167. The summed E-state index contributed by atoms with van der Waals surface area (Å²) in [6.45, 7) is 0.185. The maximum absolute atomic E-state index is 12.4. The smallest absolute Gasteiger partial charge is 0.261 e. The molecule has 10 heteroatoms. The van der Waals surface area contributed by atoms with Crippen molar-refractivity contribution >= 4 is 40.8 Å². The standard InChI is InChI=1S/C18H15N5O3S2/c19-14(24)10-23-15(13-6-3-8-27-13)20-21-18(23)28-9-7-22-16(25)11-4-1-2-5-12(11)17(22)26/h1-6,8H,7,9-10H2,(H2,19,24). The first kappa shape index (κ1) is 18.4. The van der Waals surface area contributed by atoms with E-state index < -0.39 is 5.91 Å². The summed E-state index contributed by atoms with van der Waals surface area (Å²) in [7, 11) is 0. The van der Waals surface area contributed by atoms with Crippen LogP contribution in [0.25, 0.3) is 10.7 Å². The van der Waals surface area contributed by atoms with Gasteiger partial charge in [0.15, 0.2) is 11.0 Å². The lowest BCUT2D eigenvalue weighted by atomic mass is 10.1. The number of benzene rings is 1. The van der Waals surface area contributed by atoms with Crippen molar-refractivity contribution in [3.8, 4) is 10.7 Å². The topological polar surface area (TPSA) is 111 Å². The molecular formula is C18H15N5O3S2. The Labute approximate surface area is 168 Å². The van der Waals surface area contributed by atoms with Crippen LogP contribution >= 0.6 is 23.1 Å². The van der Waals surface area contributed by atoms with E-state index in [2.05, 4.69) is 10.2 Å². The lowest BCUT2D eigenvalue weighted by Crippen LogP contribution is -2.31. The molecule has 8 nitrogen and oxygen atoms in total. The number of nitrogens with two attached hydrogens (primary N) is 1. The van der Waals surface area contributed by atoms with E-state index in [0.717, 1.165) is 4.88 Å². The summed E-state index contributed by atoms with van der Waals surface area (Å²) in [6, 6.07) is 10.6. The number of aromatic nitrogens is 3. The van der Waals surface area contributed by atoms with Crippen LogP contribution in [0.15, 0.2) is 46.9 Å². The van der Waals surface area contributed by atoms with Gasteiger partial charge in [-0.25, -0.2) is 0 Å². The number of carbonyl (C=O) groups is 3. The van der Waals surface area contributed by atoms with Crippen LogP contribution in [0.2, 0.25) is 0 Å². The molecule has 0 spiro atoms. The lowest BCUT2D eigenvalue weighted by molar-refractivity contribution is -0.118. The fourth-order valence-electron chi connectivity index (χ4n) is 2.95. The minimum absolute atomic E-state index is 0.0460. The van der Waals surface area contributed by atoms with Crippen molar-refractivity contribution in [2.45, 2.75) is 11.7 Å². The van der Waals surface area contributed by atoms with Gasteiger partial charge in [0.25, 0.3) is 11.8 Å². The zero-order valence-corrected chi connectivity index (χ0v) is 16.2. The number of carbonyl (C=O) groups excluding carboxylic acids is 3. The number of hydrogen-bond acceptors (Lipinski definition) is 7. The van der Waals surface area contributed by atoms with Gasteiger partial charge in [-0.15, -0.1) is 21.5 Å². The average molecular weight is 413 g/mol. The number of imide groups is 1. The van der Waals surface area contributed by atoms with Crippen molar-refractivity contribution < 1.29 is 14.4 Å². The second-order valence-electron chi connectivity index (χ2n) is 5.99. The van der Waals surface area contributed by atoms with Gasteiger partial charge in [0.2, 0.25) is 5.91 Å². The number of primary amides is 1. The quantitative estimate of drug-likeness (QED) is 0.468. The van der Waals surface area contributed by atoms with Crippen LogP contribution in [0.1, 0.15) is 20.7 Å². The minimum Gasteiger partial charge on any atom is -0.368 e. The number of thiophene rings is 1. The molecular weight excluding hydrogens is 398 g/mol. The molecule has 3 aromatic rings. The number of nitrogens with zero attached hydrogens (tertiary/aromatic N) is 4. The molecule has 4 rings (SSSR count). The van der Waals surface area contributed by atoms with Gasteiger partial charge in [-0.3, -0.25) is 23.9 Å². The number of hydrogen-bond donors (Lipinski definition) is 1. The van der Waals surface area contributed by atoms with E-state index in [1.165, 1.54) is 28.0 Å². The molecule has 0 bridgehead atoms. The van der Waals surface area contributed by atoms with Gasteiger partial charge in [0.1, 0.15) is 6.54 Å². The summed E-state index contributed by atoms with van der Waals surface area (Å²) in [6.07, 6.45) is 0. The molecule has 0 atom stereocenters. The lowest BCUT2D eigenvalue weighted by Gasteiger charge is -2.13. The first-order chi connectivity index (χ1) is 13.6. The number of thioether (sulfide) groups is 1. The fourth-order valence-corrected chi connectivity index (χ4v) is 4.53. The van der Waals surface area contributed by atoms with Crippen molar-refractivity contribution in [2.24, 2.45) is 5.73 Å². The molecule has 142 valence electrons. The van der Waals surface area contributed by atoms with Crippen molar-refractivity contribution in [2.75, 3.05) is 12.3 Å². The average Bonchev–Trinajstić information content (AvgIpc) is 3.38. The highest BCUT2D eigenvalue weighted by Crippen LogP contribution is 2.28. The minimum atomic E-state index is -0.500. The molecule has 0 radical (unpaired) electrons. The third kappa shape index (κ3) is 3.32. The molecule has 0 saturated carbocycles. The largest absolute Gasteiger partial charge is 0.368 e. The number of fused-ring (bicyclic) bond motifs is 1. The Morgan fingerprint density at radius 2 is 1.79 bits per heavy atom. The van der Waals surface area contributed by atoms with E-state index in [4.69, 9.17) is 5.73 Å². The summed E-state index contributed by atoms with van der Waals surface area (Å²) in [5.74, 6) is -0.0951. The Hall–Kier alpha value is -2.98. The Balaban J connectivity index is 1.48. The predicted octanol–water partition coefficient (Wildman–Crippen LogP) is 1.88. The van der Waals surface area contributed by atoms with Crippen molar-refractivity contribution in [1.82, 2.24) is 19.7 Å². The van der Waals surface area contributed by atoms with E-state index >= 15 is 0 Å². The molecule has 2 N–H and O–H groups in total. The molecule has 0 unspecified atom stereocenters. The Morgan fingerprint density at radius 3 is 2.39 bits per heavy atom. The maximum atomic E-state index is 12.4. The van der Waals surface area contributed by atoms with Crippen molar-refractivity contribution in [3.63, 3.8) is 0 Å². The van der Waals surface area contributed by atoms with Crippen LogP contribution < -0.4 is 5.73 Å². The highest BCUT2D eigenvalue weighted by Gasteiger charge is 2.34. The summed E-state index contributed by atoms with van der Waals surface area (Å²) in [5.41, 5.74) is 6.22. The SMILES string of the molecule is NC(=O)Cn1c(SCCN2C(=O)c3ccccc3C2=O)nnc1-c1cccs1. The number of amides is 3. The summed E-state index contributed by atoms with van der Waals surface area (Å²) in [4.78, 5) is 38.4. The highest BCUT2D eigenvalue weighted by molar-refractivity contribution is 7.99. The van der Waals surface area contributed by atoms with Crippen molar-refractivity contribution in [3.05, 3.63) is 52.9 Å². The van der Waals surface area contributed by atoms with Gasteiger partial charge < -0.3 is 5.73 Å². The van der Waals surface area contributed by atoms with Crippen LogP contribution in [0, 0.1) is 0 Å². The maximum Gasteiger partial charge on any atom is 0.261 e. The molecule has 3 amide bonds. The predicted molar refractivity (Wildman–Crippen MR) is 105 cm³/mol. The first-order valence-electron chi connectivity index (χ1n) is 8.39. The zero-order valence-electron chi connectivity index (χ0n) is 14.6. The molecule has 0 fully saturated rings. The van der Waals surface area contributed by atoms with E-state index in [1.807, 2.05) is 17.5 Å². The van der Waals surface area contributed by atoms with Crippen LogP contribution in [-0.2, 0) is 11.3 Å². The van der Waals surface area contributed by atoms with Gasteiger partial charge in [0, 0.05) is 12.3 Å². The second-order valence-corrected chi connectivity index (χ2v) is 8.00. The van der Waals surface area contributed by atoms with Crippen LogP contribution in [0.4, 0.5) is 0 Å². The second kappa shape index (κ2) is 7.56. The first-order valence-corrected chi connectivity index (χ1v) is 10.3. The Morgan fingerprint density at radius 1 is 1.07 bits per heavy atom. The molecule has 1 aromatic carbocycles. The molecule has 0 saturated heterocycles. The molecule has 1 aliphatic rings. The van der Waals surface area contributed by atoms with Gasteiger partial charge in [-0.2, -0.15) is 0 Å². The van der Waals surface area contributed by atoms with Gasteiger partial charge in [0.05, 0.1) is 16.0 Å². The molecule has 28 heavy (non-hydrogen) atoms. The summed E-state index contributed by atoms with van der Waals surface area (Å²) in [5, 5.41) is 10.7. The normalized spacial score (nSPS) is 13.2. The van der Waals surface area contributed by atoms with E-state index in [9.17, 15) is 14.4 Å². The third-order valence-electron chi connectivity index (χ3n) is 4.20. The summed E-state index contributed by atoms with van der Waals surface area (Å²) < 4.78 is 1.65. The van der Waals surface area contributed by atoms with E-state index in [0.29, 0.717) is 27.9 Å². The monoisotopic (exact) mass is 413 g/mol. The van der Waals surface area contributed by atoms with Crippen molar-refractivity contribution in [1.29, 1.82) is 0 Å². The van der Waals surface area contributed by atoms with E-state index in [-0.39, 0.29) is 24.9 Å².